The molecule has 1 aromatic carbocycles. The molecule has 0 spiro atoms. The van der Waals surface area contributed by atoms with Crippen LogP contribution in [0.25, 0.3) is 0 Å². The van der Waals surface area contributed by atoms with Crippen LogP contribution in [-0.2, 0) is 5.60 Å². The van der Waals surface area contributed by atoms with Gasteiger partial charge in [-0.2, -0.15) is 39.5 Å². The Morgan fingerprint density at radius 1 is 0.625 bits per heavy atom. The maximum absolute atomic E-state index is 13.0. The predicted octanol–water partition coefficient (Wildman–Crippen LogP) is 3.30. The molecule has 0 aliphatic rings. The molecule has 0 heterocycles. The molecular weight excluding hydrogens is 359 g/mol. The van der Waals surface area contributed by atoms with E-state index in [4.69, 9.17) is 5.11 Å². The molecule has 134 valence electrons. The third kappa shape index (κ3) is 3.44. The van der Waals surface area contributed by atoms with Crippen molar-refractivity contribution in [2.75, 3.05) is 0 Å². The van der Waals surface area contributed by atoms with Gasteiger partial charge >= 0.3 is 24.1 Å². The number of alkyl halides is 9. The Kier molecular flexibility index (Phi) is 4.91. The summed E-state index contributed by atoms with van der Waals surface area (Å²) in [5, 5.41) is 18.3. The van der Waals surface area contributed by atoms with Gasteiger partial charge in [-0.3, -0.25) is 0 Å². The van der Waals surface area contributed by atoms with Gasteiger partial charge < -0.3 is 10.2 Å². The highest BCUT2D eigenvalue weighted by Gasteiger charge is 2.70. The number of hydrogen-bond donors (Lipinski definition) is 2. The molecule has 1 atom stereocenters. The molecule has 0 saturated heterocycles. The van der Waals surface area contributed by atoms with Crippen LogP contribution in [0.15, 0.2) is 30.3 Å². The van der Waals surface area contributed by atoms with E-state index in [1.807, 2.05) is 0 Å². The van der Waals surface area contributed by atoms with Gasteiger partial charge in [0.2, 0.25) is 5.60 Å². The van der Waals surface area contributed by atoms with Gasteiger partial charge in [-0.05, 0) is 11.8 Å². The summed E-state index contributed by atoms with van der Waals surface area (Å²) in [6.07, 6.45) is -18.6. The lowest BCUT2D eigenvalue weighted by molar-refractivity contribution is -0.343. The minimum Gasteiger partial charge on any atom is -0.366 e. The van der Waals surface area contributed by atoms with Gasteiger partial charge in [0.1, 0.15) is 0 Å². The normalized spacial score (nSPS) is 16.1. The lowest BCUT2D eigenvalue weighted by Crippen LogP contribution is -2.56. The first-order valence-corrected chi connectivity index (χ1v) is 5.81. The quantitative estimate of drug-likeness (QED) is 0.592. The molecule has 24 heavy (non-hydrogen) atoms. The monoisotopic (exact) mass is 366 g/mol. The maximum Gasteiger partial charge on any atom is 0.438 e. The number of benzene rings is 1. The Labute approximate surface area is 128 Å². The second kappa shape index (κ2) is 5.86. The van der Waals surface area contributed by atoms with Crippen molar-refractivity contribution in [1.82, 2.24) is 0 Å². The molecule has 0 aliphatic heterocycles. The van der Waals surface area contributed by atoms with Gasteiger partial charge in [-0.25, -0.2) is 0 Å². The molecule has 1 unspecified atom stereocenters. The zero-order valence-electron chi connectivity index (χ0n) is 11.2. The van der Waals surface area contributed by atoms with E-state index in [1.165, 1.54) is 6.07 Å². The summed E-state index contributed by atoms with van der Waals surface area (Å²) in [6, 6.07) is 4.29. The van der Waals surface area contributed by atoms with Crippen LogP contribution in [0, 0.1) is 11.8 Å². The predicted molar refractivity (Wildman–Crippen MR) is 61.2 cm³/mol. The van der Waals surface area contributed by atoms with Crippen LogP contribution in [-0.4, -0.2) is 34.3 Å². The van der Waals surface area contributed by atoms with E-state index >= 15 is 0 Å². The van der Waals surface area contributed by atoms with E-state index in [2.05, 4.69) is 0 Å². The van der Waals surface area contributed by atoms with E-state index in [0.29, 0.717) is 18.1 Å². The second-order valence-electron chi connectivity index (χ2n) is 4.53. The van der Waals surface area contributed by atoms with Crippen LogP contribution in [0.4, 0.5) is 39.5 Å². The van der Waals surface area contributed by atoms with Crippen LogP contribution in [0.5, 0.6) is 0 Å². The number of halogens is 9. The highest BCUT2D eigenvalue weighted by molar-refractivity contribution is 5.36. The van der Waals surface area contributed by atoms with Crippen molar-refractivity contribution >= 4 is 0 Å². The summed E-state index contributed by atoms with van der Waals surface area (Å²) in [4.78, 5) is 0. The highest BCUT2D eigenvalue weighted by atomic mass is 19.4. The van der Waals surface area contributed by atoms with Crippen LogP contribution >= 0.6 is 0 Å². The summed E-state index contributed by atoms with van der Waals surface area (Å²) in [7, 11) is 0. The average Bonchev–Trinajstić information content (AvgIpc) is 2.41. The molecule has 2 nitrogen and oxygen atoms in total. The number of aliphatic hydroxyl groups is 2. The van der Waals surface area contributed by atoms with E-state index in [-0.39, 0.29) is 5.92 Å². The third-order valence-corrected chi connectivity index (χ3v) is 2.85. The SMILES string of the molecule is OC(C#CC(O)(C(F)(F)F)C(F)(F)F)(c1ccccc1)C(F)(F)F. The molecule has 1 rings (SSSR count). The van der Waals surface area contributed by atoms with E-state index < -0.39 is 35.3 Å². The second-order valence-corrected chi connectivity index (χ2v) is 4.53. The average molecular weight is 366 g/mol. The molecule has 0 saturated carbocycles. The molecule has 2 N–H and O–H groups in total. The van der Waals surface area contributed by atoms with Gasteiger partial charge in [0.15, 0.2) is 0 Å². The van der Waals surface area contributed by atoms with Gasteiger partial charge in [-0.1, -0.05) is 30.3 Å². The van der Waals surface area contributed by atoms with Crippen LogP contribution < -0.4 is 0 Å². The Hall–Kier alpha value is -1.93. The largest absolute Gasteiger partial charge is 0.438 e. The van der Waals surface area contributed by atoms with Crippen molar-refractivity contribution in [2.45, 2.75) is 29.7 Å². The van der Waals surface area contributed by atoms with Crippen LogP contribution in [0.2, 0.25) is 0 Å². The highest BCUT2D eigenvalue weighted by Crippen LogP contribution is 2.44. The summed E-state index contributed by atoms with van der Waals surface area (Å²) in [5.41, 5.74) is -11.2. The van der Waals surface area contributed by atoms with Crippen molar-refractivity contribution in [3.8, 4) is 11.8 Å². The first-order valence-electron chi connectivity index (χ1n) is 5.81. The van der Waals surface area contributed by atoms with Gasteiger partial charge in [0, 0.05) is 5.56 Å². The topological polar surface area (TPSA) is 40.5 Å². The minimum absolute atomic E-state index is 0.107. The number of hydrogen-bond acceptors (Lipinski definition) is 2. The van der Waals surface area contributed by atoms with Gasteiger partial charge in [0.25, 0.3) is 0 Å². The smallest absolute Gasteiger partial charge is 0.366 e. The van der Waals surface area contributed by atoms with E-state index in [0.717, 1.165) is 12.1 Å². The minimum atomic E-state index is -6.44. The Balaban J connectivity index is 3.60. The zero-order valence-corrected chi connectivity index (χ0v) is 11.2. The Bertz CT molecular complexity index is 620. The molecule has 0 radical (unpaired) electrons. The van der Waals surface area contributed by atoms with Crippen molar-refractivity contribution in [3.63, 3.8) is 0 Å². The molecule has 0 aromatic heterocycles. The Morgan fingerprint density at radius 3 is 1.38 bits per heavy atom. The molecule has 0 amide bonds. The van der Waals surface area contributed by atoms with Crippen LogP contribution in [0.3, 0.4) is 0 Å². The van der Waals surface area contributed by atoms with E-state index in [9.17, 15) is 44.6 Å². The molecule has 0 bridgehead atoms. The standard InChI is InChI=1S/C13H7F9O2/c14-11(15,16)9(23,8-4-2-1-3-5-8)6-7-10(24,12(17,18)19)13(20,21)22/h1-5,23-24H. The third-order valence-electron chi connectivity index (χ3n) is 2.85. The van der Waals surface area contributed by atoms with Crippen LogP contribution in [0.1, 0.15) is 5.56 Å². The molecule has 1 aromatic rings. The summed E-state index contributed by atoms with van der Waals surface area (Å²) < 4.78 is 114. The summed E-state index contributed by atoms with van der Waals surface area (Å²) in [5.74, 6) is 0.604. The fourth-order valence-electron chi connectivity index (χ4n) is 1.47. The molecule has 11 heteroatoms. The van der Waals surface area contributed by atoms with Gasteiger partial charge in [-0.15, -0.1) is 0 Å². The zero-order chi connectivity index (χ0) is 19.0. The lowest BCUT2D eigenvalue weighted by atomic mass is 9.92. The fourth-order valence-corrected chi connectivity index (χ4v) is 1.47. The van der Waals surface area contributed by atoms with Crippen molar-refractivity contribution < 1.29 is 49.7 Å². The van der Waals surface area contributed by atoms with Crippen molar-refractivity contribution in [1.29, 1.82) is 0 Å². The lowest BCUT2D eigenvalue weighted by Gasteiger charge is -2.29. The van der Waals surface area contributed by atoms with E-state index in [1.54, 1.807) is 0 Å². The Morgan fingerprint density at radius 2 is 1.04 bits per heavy atom. The van der Waals surface area contributed by atoms with Crippen molar-refractivity contribution in [3.05, 3.63) is 35.9 Å². The summed E-state index contributed by atoms with van der Waals surface area (Å²) >= 11 is 0. The first kappa shape index (κ1) is 20.1. The summed E-state index contributed by atoms with van der Waals surface area (Å²) in [6.45, 7) is 0. The molecule has 0 fully saturated rings. The fraction of sp³-hybridized carbons (Fsp3) is 0.385. The maximum atomic E-state index is 13.0. The molecule has 0 aliphatic carbocycles. The first-order chi connectivity index (χ1) is 10.6. The van der Waals surface area contributed by atoms with Gasteiger partial charge in [0.05, 0.1) is 0 Å². The number of rotatable bonds is 1. The van der Waals surface area contributed by atoms with Crippen molar-refractivity contribution in [2.24, 2.45) is 0 Å². The molecular formula is C13H7F9O2.